The highest BCUT2D eigenvalue weighted by Crippen LogP contribution is 2.47. The van der Waals surface area contributed by atoms with Crippen molar-refractivity contribution in [3.8, 4) is 5.88 Å². The lowest BCUT2D eigenvalue weighted by atomic mass is 9.85. The van der Waals surface area contributed by atoms with E-state index >= 15 is 0 Å². The number of carbonyl (C=O) groups is 2. The van der Waals surface area contributed by atoms with Gasteiger partial charge in [-0.05, 0) is 64.1 Å². The number of aromatic nitrogens is 1. The van der Waals surface area contributed by atoms with E-state index in [-0.39, 0.29) is 23.8 Å². The molecule has 0 radical (unpaired) electrons. The number of benzene rings is 1. The third kappa shape index (κ3) is 4.00. The standard InChI is InChI=1S/C23H27ClN4O3/c1-14(25-3)20(29)26-19-12-11-18-21(27-19)31-23(2,15-7-4-5-8-15)22(30)28(18)17-10-6-9-16(24)13-17/h6,9-15,25H,4-5,7-8H2,1-3H3,(H,26,27,29)/t14?,23-/m0/s1. The van der Waals surface area contributed by atoms with Gasteiger partial charge in [0.25, 0.3) is 5.91 Å². The maximum atomic E-state index is 13.8. The van der Waals surface area contributed by atoms with Crippen LogP contribution in [-0.2, 0) is 9.59 Å². The first-order chi connectivity index (χ1) is 14.8. The molecule has 31 heavy (non-hydrogen) atoms. The number of rotatable bonds is 5. The molecule has 1 aromatic carbocycles. The molecule has 2 aromatic rings. The van der Waals surface area contributed by atoms with Gasteiger partial charge in [-0.25, -0.2) is 0 Å². The Morgan fingerprint density at radius 2 is 2.03 bits per heavy atom. The van der Waals surface area contributed by atoms with Crippen LogP contribution in [0.3, 0.4) is 0 Å². The minimum Gasteiger partial charge on any atom is -0.459 e. The van der Waals surface area contributed by atoms with Crippen LogP contribution in [0.15, 0.2) is 36.4 Å². The number of nitrogens with zero attached hydrogens (tertiary/aromatic N) is 2. The Morgan fingerprint density at radius 3 is 2.71 bits per heavy atom. The van der Waals surface area contributed by atoms with E-state index in [1.54, 1.807) is 43.1 Å². The molecule has 1 fully saturated rings. The van der Waals surface area contributed by atoms with E-state index in [1.165, 1.54) is 0 Å². The second-order valence-corrected chi connectivity index (χ2v) is 8.77. The van der Waals surface area contributed by atoms with Crippen molar-refractivity contribution < 1.29 is 14.3 Å². The molecule has 2 N–H and O–H groups in total. The molecule has 1 unspecified atom stereocenters. The van der Waals surface area contributed by atoms with Crippen LogP contribution in [0.1, 0.15) is 39.5 Å². The molecule has 0 saturated heterocycles. The Hall–Kier alpha value is -2.64. The van der Waals surface area contributed by atoms with Crippen LogP contribution in [0.4, 0.5) is 17.2 Å². The van der Waals surface area contributed by atoms with Crippen molar-refractivity contribution in [1.82, 2.24) is 10.3 Å². The first-order valence-corrected chi connectivity index (χ1v) is 11.0. The molecule has 1 saturated carbocycles. The highest BCUT2D eigenvalue weighted by Gasteiger charge is 2.51. The predicted octanol–water partition coefficient (Wildman–Crippen LogP) is 4.29. The first-order valence-electron chi connectivity index (χ1n) is 10.6. The lowest BCUT2D eigenvalue weighted by Crippen LogP contribution is -2.56. The number of anilines is 3. The van der Waals surface area contributed by atoms with Gasteiger partial charge in [-0.15, -0.1) is 0 Å². The molecule has 0 spiro atoms. The van der Waals surface area contributed by atoms with Gasteiger partial charge in [0.2, 0.25) is 11.8 Å². The zero-order valence-electron chi connectivity index (χ0n) is 17.9. The summed E-state index contributed by atoms with van der Waals surface area (Å²) in [5.41, 5.74) is 0.149. The normalized spacial score (nSPS) is 22.1. The van der Waals surface area contributed by atoms with Crippen molar-refractivity contribution in [2.75, 3.05) is 17.3 Å². The van der Waals surface area contributed by atoms with Crippen molar-refractivity contribution >= 4 is 40.6 Å². The number of hydrogen-bond acceptors (Lipinski definition) is 5. The summed E-state index contributed by atoms with van der Waals surface area (Å²) >= 11 is 6.22. The SMILES string of the molecule is CNC(C)C(=O)Nc1ccc2c(n1)O[C@@](C)(C1CCCC1)C(=O)N2c1cccc(Cl)c1. The fourth-order valence-corrected chi connectivity index (χ4v) is 4.48. The van der Waals surface area contributed by atoms with Crippen LogP contribution in [-0.4, -0.2) is 35.5 Å². The lowest BCUT2D eigenvalue weighted by Gasteiger charge is -2.43. The topological polar surface area (TPSA) is 83.6 Å². The smallest absolute Gasteiger partial charge is 0.275 e. The van der Waals surface area contributed by atoms with E-state index < -0.39 is 5.60 Å². The van der Waals surface area contributed by atoms with Gasteiger partial charge in [-0.3, -0.25) is 14.5 Å². The number of carbonyl (C=O) groups excluding carboxylic acids is 2. The fraction of sp³-hybridized carbons (Fsp3) is 0.435. The second-order valence-electron chi connectivity index (χ2n) is 8.33. The molecular weight excluding hydrogens is 416 g/mol. The molecule has 8 heteroatoms. The van der Waals surface area contributed by atoms with Crippen LogP contribution < -0.4 is 20.3 Å². The summed E-state index contributed by atoms with van der Waals surface area (Å²) in [7, 11) is 1.72. The van der Waals surface area contributed by atoms with E-state index in [0.717, 1.165) is 25.7 Å². The monoisotopic (exact) mass is 442 g/mol. The quantitative estimate of drug-likeness (QED) is 0.721. The van der Waals surface area contributed by atoms with Gasteiger partial charge in [-0.1, -0.05) is 30.5 Å². The highest BCUT2D eigenvalue weighted by molar-refractivity contribution is 6.31. The maximum absolute atomic E-state index is 13.8. The number of nitrogens with one attached hydrogen (secondary N) is 2. The average Bonchev–Trinajstić information content (AvgIpc) is 3.30. The van der Waals surface area contributed by atoms with Gasteiger partial charge >= 0.3 is 0 Å². The molecule has 0 bridgehead atoms. The van der Waals surface area contributed by atoms with Crippen molar-refractivity contribution in [2.45, 2.75) is 51.2 Å². The number of halogens is 1. The van der Waals surface area contributed by atoms with Crippen LogP contribution in [0, 0.1) is 5.92 Å². The van der Waals surface area contributed by atoms with E-state index in [4.69, 9.17) is 16.3 Å². The highest BCUT2D eigenvalue weighted by atomic mass is 35.5. The predicted molar refractivity (Wildman–Crippen MR) is 121 cm³/mol. The molecule has 2 amide bonds. The van der Waals surface area contributed by atoms with Crippen molar-refractivity contribution in [2.24, 2.45) is 5.92 Å². The van der Waals surface area contributed by atoms with E-state index in [0.29, 0.717) is 28.1 Å². The largest absolute Gasteiger partial charge is 0.459 e. The van der Waals surface area contributed by atoms with Crippen LogP contribution in [0.25, 0.3) is 0 Å². The summed E-state index contributed by atoms with van der Waals surface area (Å²) in [6.45, 7) is 3.61. The Bertz CT molecular complexity index is 1010. The summed E-state index contributed by atoms with van der Waals surface area (Å²) in [6, 6.07) is 10.2. The van der Waals surface area contributed by atoms with Gasteiger partial charge in [0.15, 0.2) is 5.60 Å². The minimum absolute atomic E-state index is 0.0965. The Labute approximate surface area is 187 Å². The lowest BCUT2D eigenvalue weighted by molar-refractivity contribution is -0.138. The average molecular weight is 443 g/mol. The number of ether oxygens (including phenoxy) is 1. The molecule has 2 atom stereocenters. The Kier molecular flexibility index (Phi) is 5.90. The maximum Gasteiger partial charge on any atom is 0.275 e. The molecule has 7 nitrogen and oxygen atoms in total. The number of fused-ring (bicyclic) bond motifs is 1. The zero-order valence-corrected chi connectivity index (χ0v) is 18.7. The van der Waals surface area contributed by atoms with Gasteiger partial charge < -0.3 is 15.4 Å². The minimum atomic E-state index is -1.04. The number of hydrogen-bond donors (Lipinski definition) is 2. The van der Waals surface area contributed by atoms with Crippen molar-refractivity contribution in [1.29, 1.82) is 0 Å². The van der Waals surface area contributed by atoms with Gasteiger partial charge in [-0.2, -0.15) is 4.98 Å². The summed E-state index contributed by atoms with van der Waals surface area (Å²) < 4.78 is 6.30. The fourth-order valence-electron chi connectivity index (χ4n) is 4.30. The van der Waals surface area contributed by atoms with Crippen LogP contribution in [0.5, 0.6) is 5.88 Å². The molecule has 1 aliphatic heterocycles. The summed E-state index contributed by atoms with van der Waals surface area (Å²) in [5, 5.41) is 6.24. The van der Waals surface area contributed by atoms with E-state index in [2.05, 4.69) is 15.6 Å². The molecule has 1 aromatic heterocycles. The van der Waals surface area contributed by atoms with E-state index in [9.17, 15) is 9.59 Å². The number of amides is 2. The number of likely N-dealkylation sites (N-methyl/N-ethyl adjacent to an activating group) is 1. The first kappa shape index (κ1) is 21.6. The Balaban J connectivity index is 1.77. The van der Waals surface area contributed by atoms with Crippen molar-refractivity contribution in [3.63, 3.8) is 0 Å². The molecule has 2 aliphatic rings. The molecular formula is C23H27ClN4O3. The molecule has 4 rings (SSSR count). The summed E-state index contributed by atoms with van der Waals surface area (Å²) in [5.74, 6) is 0.465. The zero-order chi connectivity index (χ0) is 22.2. The molecule has 2 heterocycles. The molecule has 1 aliphatic carbocycles. The summed E-state index contributed by atoms with van der Waals surface area (Å²) in [6.07, 6.45) is 4.01. The van der Waals surface area contributed by atoms with Gasteiger partial charge in [0, 0.05) is 10.9 Å². The third-order valence-corrected chi connectivity index (χ3v) is 6.53. The Morgan fingerprint density at radius 1 is 1.29 bits per heavy atom. The third-order valence-electron chi connectivity index (χ3n) is 6.30. The van der Waals surface area contributed by atoms with Gasteiger partial charge in [0.05, 0.1) is 11.7 Å². The second kappa shape index (κ2) is 8.48. The van der Waals surface area contributed by atoms with E-state index in [1.807, 2.05) is 19.1 Å². The van der Waals surface area contributed by atoms with Crippen molar-refractivity contribution in [3.05, 3.63) is 41.4 Å². The summed E-state index contributed by atoms with van der Waals surface area (Å²) in [4.78, 5) is 32.2. The number of pyridine rings is 1. The van der Waals surface area contributed by atoms with Crippen LogP contribution >= 0.6 is 11.6 Å². The molecule has 164 valence electrons. The van der Waals surface area contributed by atoms with Crippen LogP contribution in [0.2, 0.25) is 5.02 Å². The van der Waals surface area contributed by atoms with Gasteiger partial charge in [0.1, 0.15) is 11.5 Å².